The van der Waals surface area contributed by atoms with E-state index in [9.17, 15) is 4.39 Å². The highest BCUT2D eigenvalue weighted by Gasteiger charge is 2.16. The third kappa shape index (κ3) is 2.70. The average molecular weight is 225 g/mol. The van der Waals surface area contributed by atoms with Crippen molar-refractivity contribution in [1.82, 2.24) is 4.98 Å². The van der Waals surface area contributed by atoms with Crippen LogP contribution in [0.5, 0.6) is 0 Å². The Morgan fingerprint density at radius 1 is 1.56 bits per heavy atom. The molecule has 0 aliphatic heterocycles. The van der Waals surface area contributed by atoms with Crippen molar-refractivity contribution < 1.29 is 4.39 Å². The lowest BCUT2D eigenvalue weighted by atomic mass is 10.1. The van der Waals surface area contributed by atoms with Gasteiger partial charge in [-0.05, 0) is 19.4 Å². The second-order valence-corrected chi connectivity index (χ2v) is 4.06. The predicted octanol–water partition coefficient (Wildman–Crippen LogP) is 2.30. The zero-order valence-electron chi connectivity index (χ0n) is 10.2. The summed E-state index contributed by atoms with van der Waals surface area (Å²) >= 11 is 0. The van der Waals surface area contributed by atoms with Crippen molar-refractivity contribution in [2.24, 2.45) is 5.73 Å². The van der Waals surface area contributed by atoms with Gasteiger partial charge in [-0.25, -0.2) is 9.37 Å². The van der Waals surface area contributed by atoms with Gasteiger partial charge in [-0.3, -0.25) is 0 Å². The molecule has 1 aromatic rings. The lowest BCUT2D eigenvalue weighted by molar-refractivity contribution is 0.565. The number of nitrogens with two attached hydrogens (primary N) is 1. The maximum Gasteiger partial charge on any atom is 0.170 e. The number of hydrogen-bond donors (Lipinski definition) is 1. The van der Waals surface area contributed by atoms with Crippen molar-refractivity contribution in [3.8, 4) is 0 Å². The van der Waals surface area contributed by atoms with Crippen molar-refractivity contribution in [2.45, 2.75) is 39.3 Å². The topological polar surface area (TPSA) is 42.2 Å². The van der Waals surface area contributed by atoms with Gasteiger partial charge in [0.25, 0.3) is 0 Å². The SMILES string of the molecule is CCCC(C)N(C)c1nccc(CN)c1F. The summed E-state index contributed by atoms with van der Waals surface area (Å²) in [6.45, 7) is 4.39. The first-order valence-electron chi connectivity index (χ1n) is 5.68. The maximum atomic E-state index is 13.9. The van der Waals surface area contributed by atoms with Gasteiger partial charge in [0.05, 0.1) is 0 Å². The Hall–Kier alpha value is -1.16. The molecule has 1 rings (SSSR count). The van der Waals surface area contributed by atoms with Crippen LogP contribution < -0.4 is 10.6 Å². The highest BCUT2D eigenvalue weighted by Crippen LogP contribution is 2.21. The predicted molar refractivity (Wildman–Crippen MR) is 64.9 cm³/mol. The Labute approximate surface area is 96.5 Å². The molecule has 4 heteroatoms. The molecule has 1 heterocycles. The van der Waals surface area contributed by atoms with Crippen molar-refractivity contribution >= 4 is 5.82 Å². The van der Waals surface area contributed by atoms with Crippen LogP contribution >= 0.6 is 0 Å². The molecule has 1 unspecified atom stereocenters. The van der Waals surface area contributed by atoms with E-state index in [4.69, 9.17) is 5.73 Å². The van der Waals surface area contributed by atoms with E-state index in [1.54, 1.807) is 12.3 Å². The summed E-state index contributed by atoms with van der Waals surface area (Å²) in [5.74, 6) is 0.0966. The third-order valence-corrected chi connectivity index (χ3v) is 2.87. The summed E-state index contributed by atoms with van der Waals surface area (Å²) in [5.41, 5.74) is 5.98. The molecule has 3 nitrogen and oxygen atoms in total. The summed E-state index contributed by atoms with van der Waals surface area (Å²) in [6, 6.07) is 1.90. The average Bonchev–Trinajstić information content (AvgIpc) is 2.29. The quantitative estimate of drug-likeness (QED) is 0.836. The van der Waals surface area contributed by atoms with E-state index in [1.165, 1.54) is 0 Å². The van der Waals surface area contributed by atoms with Crippen molar-refractivity contribution in [2.75, 3.05) is 11.9 Å². The Kier molecular flexibility index (Phi) is 4.68. The molecule has 16 heavy (non-hydrogen) atoms. The van der Waals surface area contributed by atoms with Crippen LogP contribution in [-0.4, -0.2) is 18.1 Å². The van der Waals surface area contributed by atoms with Gasteiger partial charge < -0.3 is 10.6 Å². The molecule has 0 aliphatic carbocycles. The molecular formula is C12H20FN3. The summed E-state index contributed by atoms with van der Waals surface area (Å²) in [7, 11) is 1.87. The minimum Gasteiger partial charge on any atom is -0.355 e. The molecule has 0 aliphatic rings. The number of hydrogen-bond acceptors (Lipinski definition) is 3. The standard InChI is InChI=1S/C12H20FN3/c1-4-5-9(2)16(3)12-11(13)10(8-14)6-7-15-12/h6-7,9H,4-5,8,14H2,1-3H3. The van der Waals surface area contributed by atoms with Gasteiger partial charge in [-0.15, -0.1) is 0 Å². The highest BCUT2D eigenvalue weighted by atomic mass is 19.1. The van der Waals surface area contributed by atoms with Gasteiger partial charge in [0.1, 0.15) is 0 Å². The Morgan fingerprint density at radius 3 is 2.81 bits per heavy atom. The minimum atomic E-state index is -0.296. The molecule has 0 amide bonds. The van der Waals surface area contributed by atoms with E-state index < -0.39 is 0 Å². The van der Waals surface area contributed by atoms with E-state index in [2.05, 4.69) is 18.8 Å². The molecule has 0 radical (unpaired) electrons. The molecule has 0 aromatic carbocycles. The molecular weight excluding hydrogens is 205 g/mol. The molecule has 1 atom stereocenters. The van der Waals surface area contributed by atoms with Gasteiger partial charge in [0.2, 0.25) is 0 Å². The van der Waals surface area contributed by atoms with Crippen LogP contribution in [-0.2, 0) is 6.54 Å². The smallest absolute Gasteiger partial charge is 0.170 e. The monoisotopic (exact) mass is 225 g/mol. The van der Waals surface area contributed by atoms with Gasteiger partial charge >= 0.3 is 0 Å². The van der Waals surface area contributed by atoms with E-state index >= 15 is 0 Å². The molecule has 0 saturated heterocycles. The molecule has 0 bridgehead atoms. The third-order valence-electron chi connectivity index (χ3n) is 2.87. The van der Waals surface area contributed by atoms with Crippen LogP contribution in [0.4, 0.5) is 10.2 Å². The number of nitrogens with zero attached hydrogens (tertiary/aromatic N) is 2. The summed E-state index contributed by atoms with van der Waals surface area (Å²) in [4.78, 5) is 5.96. The molecule has 0 saturated carbocycles. The van der Waals surface area contributed by atoms with Crippen molar-refractivity contribution in [1.29, 1.82) is 0 Å². The summed E-state index contributed by atoms with van der Waals surface area (Å²) < 4.78 is 13.9. The number of rotatable bonds is 5. The number of halogens is 1. The van der Waals surface area contributed by atoms with E-state index in [0.717, 1.165) is 12.8 Å². The normalized spacial score (nSPS) is 12.6. The van der Waals surface area contributed by atoms with Crippen LogP contribution in [0.1, 0.15) is 32.3 Å². The zero-order chi connectivity index (χ0) is 12.1. The lowest BCUT2D eigenvalue weighted by Gasteiger charge is -2.26. The van der Waals surface area contributed by atoms with Gasteiger partial charge in [-0.2, -0.15) is 0 Å². The molecule has 2 N–H and O–H groups in total. The van der Waals surface area contributed by atoms with Crippen LogP contribution in [0, 0.1) is 5.82 Å². The second kappa shape index (κ2) is 5.80. The van der Waals surface area contributed by atoms with E-state index in [0.29, 0.717) is 11.4 Å². The fourth-order valence-corrected chi connectivity index (χ4v) is 1.70. The molecule has 90 valence electrons. The van der Waals surface area contributed by atoms with Gasteiger partial charge in [0.15, 0.2) is 11.6 Å². The van der Waals surface area contributed by atoms with E-state index in [-0.39, 0.29) is 18.4 Å². The molecule has 1 aromatic heterocycles. The highest BCUT2D eigenvalue weighted by molar-refractivity contribution is 5.43. The Bertz CT molecular complexity index is 341. The first-order chi connectivity index (χ1) is 7.61. The molecule has 0 spiro atoms. The van der Waals surface area contributed by atoms with Crippen LogP contribution in [0.15, 0.2) is 12.3 Å². The van der Waals surface area contributed by atoms with Gasteiger partial charge in [-0.1, -0.05) is 13.3 Å². The van der Waals surface area contributed by atoms with Crippen molar-refractivity contribution in [3.05, 3.63) is 23.6 Å². The first kappa shape index (κ1) is 12.9. The Balaban J connectivity index is 2.94. The van der Waals surface area contributed by atoms with Crippen LogP contribution in [0.2, 0.25) is 0 Å². The largest absolute Gasteiger partial charge is 0.355 e. The number of aromatic nitrogens is 1. The number of anilines is 1. The minimum absolute atomic E-state index is 0.206. The Morgan fingerprint density at radius 2 is 2.25 bits per heavy atom. The number of pyridine rings is 1. The van der Waals surface area contributed by atoms with Gasteiger partial charge in [0, 0.05) is 31.4 Å². The first-order valence-corrected chi connectivity index (χ1v) is 5.68. The van der Waals surface area contributed by atoms with Crippen molar-refractivity contribution in [3.63, 3.8) is 0 Å². The lowest BCUT2D eigenvalue weighted by Crippen LogP contribution is -2.30. The second-order valence-electron chi connectivity index (χ2n) is 4.06. The fraction of sp³-hybridized carbons (Fsp3) is 0.583. The van der Waals surface area contributed by atoms with Crippen LogP contribution in [0.3, 0.4) is 0 Å². The maximum absolute atomic E-state index is 13.9. The van der Waals surface area contributed by atoms with Crippen LogP contribution in [0.25, 0.3) is 0 Å². The fourth-order valence-electron chi connectivity index (χ4n) is 1.70. The molecule has 0 fully saturated rings. The summed E-state index contributed by atoms with van der Waals surface area (Å²) in [6.07, 6.45) is 3.70. The summed E-state index contributed by atoms with van der Waals surface area (Å²) in [5, 5.41) is 0. The van der Waals surface area contributed by atoms with E-state index in [1.807, 2.05) is 11.9 Å². The zero-order valence-corrected chi connectivity index (χ0v) is 10.2.